The average molecular weight is 609 g/mol. The van der Waals surface area contributed by atoms with Crippen LogP contribution >= 0.6 is 34.5 Å². The Labute approximate surface area is 246 Å². The summed E-state index contributed by atoms with van der Waals surface area (Å²) in [7, 11) is 3.70. The number of nitrogens with zero attached hydrogens (tertiary/aromatic N) is 6. The molecule has 3 aromatic heterocycles. The van der Waals surface area contributed by atoms with E-state index in [9.17, 15) is 14.7 Å². The first-order valence-electron chi connectivity index (χ1n) is 13.0. The maximum atomic E-state index is 13.0. The summed E-state index contributed by atoms with van der Waals surface area (Å²) in [6.07, 6.45) is 3.92. The molecule has 11 nitrogen and oxygen atoms in total. The molecule has 0 amide bonds. The number of piperazine rings is 1. The summed E-state index contributed by atoms with van der Waals surface area (Å²) >= 11 is 13.5. The average Bonchev–Trinajstić information content (AvgIpc) is 3.51. The zero-order valence-electron chi connectivity index (χ0n) is 22.5. The molecule has 3 aromatic rings. The van der Waals surface area contributed by atoms with Crippen molar-refractivity contribution in [1.82, 2.24) is 24.8 Å². The third-order valence-corrected chi connectivity index (χ3v) is 9.62. The van der Waals surface area contributed by atoms with E-state index in [1.807, 2.05) is 4.90 Å². The van der Waals surface area contributed by atoms with Gasteiger partial charge in [0.05, 0.1) is 28.5 Å². The summed E-state index contributed by atoms with van der Waals surface area (Å²) in [6.45, 7) is 6.44. The Morgan fingerprint density at radius 3 is 2.48 bits per heavy atom. The Kier molecular flexibility index (Phi) is 8.62. The minimum absolute atomic E-state index is 0.0430. The highest BCUT2D eigenvalue weighted by Gasteiger charge is 2.34. The minimum atomic E-state index is -1.07. The van der Waals surface area contributed by atoms with Gasteiger partial charge in [-0.05, 0) is 26.3 Å². The Bertz CT molecular complexity index is 1390. The molecule has 214 valence electrons. The Morgan fingerprint density at radius 1 is 1.12 bits per heavy atom. The van der Waals surface area contributed by atoms with E-state index in [2.05, 4.69) is 36.8 Å². The van der Waals surface area contributed by atoms with Gasteiger partial charge in [0.1, 0.15) is 27.8 Å². The van der Waals surface area contributed by atoms with Crippen LogP contribution in [0.5, 0.6) is 0 Å². The van der Waals surface area contributed by atoms with Crippen LogP contribution in [0.2, 0.25) is 10.0 Å². The van der Waals surface area contributed by atoms with Gasteiger partial charge < -0.3 is 29.5 Å². The molecule has 0 spiro atoms. The summed E-state index contributed by atoms with van der Waals surface area (Å²) in [5.74, 6) is -0.464. The molecule has 0 aromatic carbocycles. The third-order valence-electron chi connectivity index (χ3n) is 7.57. The fraction of sp³-hybridized carbons (Fsp3) is 0.500. The number of aromatic nitrogens is 4. The molecule has 14 heteroatoms. The number of aryl methyl sites for hydroxylation is 1. The van der Waals surface area contributed by atoms with Crippen LogP contribution < -0.4 is 9.80 Å². The number of ketones is 1. The topological polar surface area (TPSA) is 128 Å². The van der Waals surface area contributed by atoms with Crippen LogP contribution in [0.1, 0.15) is 38.7 Å². The molecule has 0 unspecified atom stereocenters. The highest BCUT2D eigenvalue weighted by molar-refractivity contribution is 7.17. The van der Waals surface area contributed by atoms with Gasteiger partial charge in [0, 0.05) is 58.5 Å². The number of methoxy groups -OCH3 is 1. The first-order chi connectivity index (χ1) is 19.2. The number of H-pyrrole nitrogens is 1. The van der Waals surface area contributed by atoms with Gasteiger partial charge in [-0.15, -0.1) is 0 Å². The van der Waals surface area contributed by atoms with Gasteiger partial charge in [-0.2, -0.15) is 0 Å². The number of carbonyl (C=O) groups excluding carboxylic acids is 1. The second-order valence-electron chi connectivity index (χ2n) is 10.2. The van der Waals surface area contributed by atoms with Crippen LogP contribution in [0.4, 0.5) is 10.9 Å². The highest BCUT2D eigenvalue weighted by atomic mass is 35.5. The van der Waals surface area contributed by atoms with Crippen molar-refractivity contribution >= 4 is 57.2 Å². The Balaban J connectivity index is 1.30. The van der Waals surface area contributed by atoms with Crippen molar-refractivity contribution in [3.05, 3.63) is 38.7 Å². The number of aromatic carboxylic acids is 1. The van der Waals surface area contributed by atoms with Crippen LogP contribution in [-0.2, 0) is 4.74 Å². The van der Waals surface area contributed by atoms with E-state index >= 15 is 0 Å². The van der Waals surface area contributed by atoms with E-state index in [1.54, 1.807) is 26.4 Å². The molecule has 5 rings (SSSR count). The lowest BCUT2D eigenvalue weighted by Crippen LogP contribution is -2.45. The van der Waals surface area contributed by atoms with E-state index < -0.39 is 5.97 Å². The Hall–Kier alpha value is -2.77. The molecule has 0 radical (unpaired) electrons. The molecule has 40 heavy (non-hydrogen) atoms. The predicted molar refractivity (Wildman–Crippen MR) is 155 cm³/mol. The zero-order chi connectivity index (χ0) is 28.6. The van der Waals surface area contributed by atoms with E-state index in [4.69, 9.17) is 27.9 Å². The molecule has 2 aliphatic heterocycles. The second kappa shape index (κ2) is 12.0. The van der Waals surface area contributed by atoms with Crippen LogP contribution in [0.25, 0.3) is 11.4 Å². The van der Waals surface area contributed by atoms with Gasteiger partial charge in [-0.1, -0.05) is 34.5 Å². The highest BCUT2D eigenvalue weighted by Crippen LogP contribution is 2.36. The van der Waals surface area contributed by atoms with Crippen molar-refractivity contribution in [2.75, 3.05) is 63.2 Å². The summed E-state index contributed by atoms with van der Waals surface area (Å²) < 4.78 is 5.77. The number of likely N-dealkylation sites (N-methyl/N-ethyl adjacent to an activating group) is 1. The molecule has 2 saturated heterocycles. The van der Waals surface area contributed by atoms with Gasteiger partial charge in [0.25, 0.3) is 0 Å². The largest absolute Gasteiger partial charge is 0.477 e. The van der Waals surface area contributed by atoms with Crippen molar-refractivity contribution in [3.8, 4) is 11.4 Å². The number of hydrogen-bond donors (Lipinski definition) is 2. The molecule has 5 heterocycles. The van der Waals surface area contributed by atoms with Crippen molar-refractivity contribution in [3.63, 3.8) is 0 Å². The fourth-order valence-electron chi connectivity index (χ4n) is 5.15. The quantitative estimate of drug-likeness (QED) is 0.361. The molecule has 2 fully saturated rings. The minimum Gasteiger partial charge on any atom is -0.477 e. The molecule has 0 aliphatic carbocycles. The van der Waals surface area contributed by atoms with Gasteiger partial charge in [0.15, 0.2) is 10.9 Å². The molecule has 2 aliphatic rings. The van der Waals surface area contributed by atoms with E-state index in [1.165, 1.54) is 0 Å². The number of nitrogens with one attached hydrogen (secondary N) is 1. The first-order valence-corrected chi connectivity index (χ1v) is 14.6. The lowest BCUT2D eigenvalue weighted by atomic mass is 9.88. The number of thiazole rings is 1. The predicted octanol–water partition coefficient (Wildman–Crippen LogP) is 4.11. The number of Topliss-reactive ketones (excluding diaryl/α,β-unsaturated/α-hetero) is 1. The maximum absolute atomic E-state index is 13.0. The van der Waals surface area contributed by atoms with Crippen LogP contribution in [0.15, 0.2) is 12.4 Å². The number of hydrogen-bond acceptors (Lipinski definition) is 10. The standard InChI is InChI=1S/C26H31Cl2N7O4S/c1-14-20(27)21(28)23(31-14)17(36)10-15-4-5-35(13-18(15)39-3)26-32-22(24(40-26)25(37)38)16-11-30-19(12-29-16)34-8-6-33(2)7-9-34/h11-12,15,18,31H,4-10,13H2,1-3H3,(H,37,38)/t15-,18-/m1/s1. The third kappa shape index (κ3) is 5.82. The van der Waals surface area contributed by atoms with Gasteiger partial charge in [-0.25, -0.2) is 19.7 Å². The smallest absolute Gasteiger partial charge is 0.348 e. The number of anilines is 2. The van der Waals surface area contributed by atoms with Gasteiger partial charge in [-0.3, -0.25) is 4.79 Å². The van der Waals surface area contributed by atoms with Gasteiger partial charge >= 0.3 is 5.97 Å². The summed E-state index contributed by atoms with van der Waals surface area (Å²) in [5.41, 5.74) is 1.68. The lowest BCUT2D eigenvalue weighted by molar-refractivity contribution is 0.0375. The molecule has 2 atom stereocenters. The summed E-state index contributed by atoms with van der Waals surface area (Å²) in [6, 6.07) is 0. The SMILES string of the molecule is CO[C@@H]1CN(c2nc(-c3cnc(N4CCN(C)CC4)cn3)c(C(=O)O)s2)CC[C@@H]1CC(=O)c1[nH]c(C)c(Cl)c1Cl. The van der Waals surface area contributed by atoms with Crippen LogP contribution in [0.3, 0.4) is 0 Å². The van der Waals surface area contributed by atoms with E-state index in [-0.39, 0.29) is 34.1 Å². The molecule has 2 N–H and O–H groups in total. The number of carbonyl (C=O) groups is 2. The molecule has 0 bridgehead atoms. The lowest BCUT2D eigenvalue weighted by Gasteiger charge is -2.37. The van der Waals surface area contributed by atoms with Crippen LogP contribution in [0, 0.1) is 12.8 Å². The Morgan fingerprint density at radius 2 is 1.88 bits per heavy atom. The number of ether oxygens (including phenoxy) is 1. The number of carboxylic acids is 1. The molecular weight excluding hydrogens is 577 g/mol. The number of rotatable bonds is 8. The fourth-order valence-corrected chi connectivity index (χ4v) is 6.53. The monoisotopic (exact) mass is 607 g/mol. The maximum Gasteiger partial charge on any atom is 0.348 e. The van der Waals surface area contributed by atoms with E-state index in [0.717, 1.165) is 43.3 Å². The number of carboxylic acid groups (broad SMARTS) is 1. The van der Waals surface area contributed by atoms with Crippen molar-refractivity contribution in [2.24, 2.45) is 5.92 Å². The summed E-state index contributed by atoms with van der Waals surface area (Å²) in [5, 5.41) is 11.1. The van der Waals surface area contributed by atoms with Crippen molar-refractivity contribution in [1.29, 1.82) is 0 Å². The summed E-state index contributed by atoms with van der Waals surface area (Å²) in [4.78, 5) is 48.4. The van der Waals surface area contributed by atoms with E-state index in [0.29, 0.717) is 52.4 Å². The normalized spacial score (nSPS) is 20.2. The zero-order valence-corrected chi connectivity index (χ0v) is 24.8. The van der Waals surface area contributed by atoms with Crippen LogP contribution in [-0.4, -0.2) is 101 Å². The first kappa shape index (κ1) is 28.7. The number of piperidine rings is 1. The number of aromatic amines is 1. The molecular formula is C26H31Cl2N7O4S. The van der Waals surface area contributed by atoms with Crippen molar-refractivity contribution < 1.29 is 19.4 Å². The number of halogens is 2. The van der Waals surface area contributed by atoms with Crippen molar-refractivity contribution in [2.45, 2.75) is 25.9 Å². The second-order valence-corrected chi connectivity index (χ2v) is 11.9. The molecule has 0 saturated carbocycles. The van der Waals surface area contributed by atoms with Gasteiger partial charge in [0.2, 0.25) is 0 Å².